The molecule has 1 atom stereocenters. The first-order chi connectivity index (χ1) is 13.1. The summed E-state index contributed by atoms with van der Waals surface area (Å²) in [4.78, 5) is 31.5. The molecular weight excluding hydrogens is 345 g/mol. The van der Waals surface area contributed by atoms with Crippen LogP contribution in [0.4, 0.5) is 4.39 Å². The van der Waals surface area contributed by atoms with E-state index in [-0.39, 0.29) is 30.1 Å². The SMILES string of the molecule is O=C(Cc1ccccc1F)N1CCCN([C@H]2CCN(CC3CC3)C2=O)CC1. The normalized spacial score (nSPS) is 24.3. The number of hydrogen-bond donors (Lipinski definition) is 0. The number of likely N-dealkylation sites (tertiary alicyclic amines) is 1. The average molecular weight is 373 g/mol. The molecule has 1 aromatic carbocycles. The molecule has 0 spiro atoms. The molecule has 0 bridgehead atoms. The van der Waals surface area contributed by atoms with Crippen molar-refractivity contribution in [3.63, 3.8) is 0 Å². The average Bonchev–Trinajstić information content (AvgIpc) is 3.44. The maximum absolute atomic E-state index is 13.8. The van der Waals surface area contributed by atoms with Crippen molar-refractivity contribution < 1.29 is 14.0 Å². The second-order valence-corrected chi connectivity index (χ2v) is 8.07. The number of rotatable bonds is 5. The molecule has 4 rings (SSSR count). The van der Waals surface area contributed by atoms with Crippen LogP contribution in [-0.2, 0) is 16.0 Å². The zero-order chi connectivity index (χ0) is 18.8. The number of carbonyl (C=O) groups excluding carboxylic acids is 2. The van der Waals surface area contributed by atoms with E-state index in [1.165, 1.54) is 18.9 Å². The molecule has 0 radical (unpaired) electrons. The van der Waals surface area contributed by atoms with Gasteiger partial charge in [-0.3, -0.25) is 14.5 Å². The van der Waals surface area contributed by atoms with Crippen LogP contribution in [0.2, 0.25) is 0 Å². The molecule has 1 saturated carbocycles. The van der Waals surface area contributed by atoms with Crippen molar-refractivity contribution in [3.8, 4) is 0 Å². The van der Waals surface area contributed by atoms with Gasteiger partial charge in [0.25, 0.3) is 0 Å². The molecule has 6 heteroatoms. The van der Waals surface area contributed by atoms with Crippen LogP contribution in [0.25, 0.3) is 0 Å². The highest BCUT2D eigenvalue weighted by Crippen LogP contribution is 2.31. The molecule has 2 heterocycles. The van der Waals surface area contributed by atoms with Crippen LogP contribution in [0, 0.1) is 11.7 Å². The Morgan fingerprint density at radius 2 is 1.85 bits per heavy atom. The van der Waals surface area contributed by atoms with Gasteiger partial charge in [0.2, 0.25) is 11.8 Å². The highest BCUT2D eigenvalue weighted by atomic mass is 19.1. The second kappa shape index (κ2) is 7.97. The Balaban J connectivity index is 1.31. The fourth-order valence-electron chi connectivity index (χ4n) is 4.27. The van der Waals surface area contributed by atoms with Crippen molar-refractivity contribution in [2.75, 3.05) is 39.3 Å². The largest absolute Gasteiger partial charge is 0.341 e. The monoisotopic (exact) mass is 373 g/mol. The van der Waals surface area contributed by atoms with Crippen molar-refractivity contribution in [1.29, 1.82) is 0 Å². The van der Waals surface area contributed by atoms with Crippen LogP contribution < -0.4 is 0 Å². The Morgan fingerprint density at radius 3 is 2.63 bits per heavy atom. The summed E-state index contributed by atoms with van der Waals surface area (Å²) in [5.74, 6) is 0.640. The van der Waals surface area contributed by atoms with E-state index >= 15 is 0 Å². The highest BCUT2D eigenvalue weighted by molar-refractivity contribution is 5.84. The van der Waals surface area contributed by atoms with Crippen molar-refractivity contribution in [2.45, 2.75) is 38.1 Å². The van der Waals surface area contributed by atoms with Gasteiger partial charge in [-0.1, -0.05) is 18.2 Å². The zero-order valence-electron chi connectivity index (χ0n) is 15.8. The van der Waals surface area contributed by atoms with Gasteiger partial charge in [0.15, 0.2) is 0 Å². The van der Waals surface area contributed by atoms with Crippen molar-refractivity contribution in [1.82, 2.24) is 14.7 Å². The summed E-state index contributed by atoms with van der Waals surface area (Å²) in [6, 6.07) is 6.44. The number of hydrogen-bond acceptors (Lipinski definition) is 3. The predicted octanol–water partition coefficient (Wildman–Crippen LogP) is 1.91. The summed E-state index contributed by atoms with van der Waals surface area (Å²) >= 11 is 0. The third kappa shape index (κ3) is 4.32. The van der Waals surface area contributed by atoms with Gasteiger partial charge in [-0.05, 0) is 43.2 Å². The van der Waals surface area contributed by atoms with E-state index in [1.807, 2.05) is 9.80 Å². The molecule has 146 valence electrons. The van der Waals surface area contributed by atoms with E-state index < -0.39 is 0 Å². The third-order valence-corrected chi connectivity index (χ3v) is 6.07. The molecule has 2 aliphatic heterocycles. The summed E-state index contributed by atoms with van der Waals surface area (Å²) in [5.41, 5.74) is 0.449. The fraction of sp³-hybridized carbons (Fsp3) is 0.619. The quantitative estimate of drug-likeness (QED) is 0.792. The number of nitrogens with zero attached hydrogens (tertiary/aromatic N) is 3. The first kappa shape index (κ1) is 18.4. The molecule has 0 N–H and O–H groups in total. The summed E-state index contributed by atoms with van der Waals surface area (Å²) in [6.07, 6.45) is 4.38. The minimum absolute atomic E-state index is 0.0228. The van der Waals surface area contributed by atoms with Crippen LogP contribution in [0.3, 0.4) is 0 Å². The van der Waals surface area contributed by atoms with Crippen LogP contribution in [-0.4, -0.2) is 71.8 Å². The lowest BCUT2D eigenvalue weighted by Crippen LogP contribution is -2.44. The van der Waals surface area contributed by atoms with Gasteiger partial charge in [0.1, 0.15) is 5.82 Å². The Kier molecular flexibility index (Phi) is 5.43. The molecule has 2 amide bonds. The van der Waals surface area contributed by atoms with E-state index in [9.17, 15) is 14.0 Å². The lowest BCUT2D eigenvalue weighted by molar-refractivity contribution is -0.132. The van der Waals surface area contributed by atoms with Gasteiger partial charge in [-0.2, -0.15) is 0 Å². The van der Waals surface area contributed by atoms with Gasteiger partial charge in [0, 0.05) is 39.3 Å². The molecular formula is C21H28FN3O2. The molecule has 0 unspecified atom stereocenters. The second-order valence-electron chi connectivity index (χ2n) is 8.07. The number of halogens is 1. The smallest absolute Gasteiger partial charge is 0.240 e. The Labute approximate surface area is 160 Å². The Bertz CT molecular complexity index is 706. The molecule has 27 heavy (non-hydrogen) atoms. The van der Waals surface area contributed by atoms with E-state index in [4.69, 9.17) is 0 Å². The van der Waals surface area contributed by atoms with Crippen LogP contribution in [0.5, 0.6) is 0 Å². The first-order valence-electron chi connectivity index (χ1n) is 10.2. The van der Waals surface area contributed by atoms with E-state index in [2.05, 4.69) is 4.90 Å². The number of benzene rings is 1. The standard InChI is InChI=1S/C21H28FN3O2/c22-18-5-2-1-4-17(18)14-20(26)24-10-3-9-23(12-13-24)19-8-11-25(21(19)27)15-16-6-7-16/h1-2,4-5,16,19H,3,6-15H2/t19-/m0/s1. The van der Waals surface area contributed by atoms with Gasteiger partial charge < -0.3 is 9.80 Å². The van der Waals surface area contributed by atoms with Crippen molar-refractivity contribution in [3.05, 3.63) is 35.6 Å². The van der Waals surface area contributed by atoms with E-state index in [1.54, 1.807) is 18.2 Å². The maximum atomic E-state index is 13.8. The van der Waals surface area contributed by atoms with Gasteiger partial charge in [-0.15, -0.1) is 0 Å². The van der Waals surface area contributed by atoms with Crippen LogP contribution in [0.1, 0.15) is 31.2 Å². The molecule has 2 saturated heterocycles. The predicted molar refractivity (Wildman–Crippen MR) is 101 cm³/mol. The maximum Gasteiger partial charge on any atom is 0.240 e. The van der Waals surface area contributed by atoms with Gasteiger partial charge in [-0.25, -0.2) is 4.39 Å². The first-order valence-corrected chi connectivity index (χ1v) is 10.2. The fourth-order valence-corrected chi connectivity index (χ4v) is 4.27. The van der Waals surface area contributed by atoms with Crippen LogP contribution >= 0.6 is 0 Å². The minimum Gasteiger partial charge on any atom is -0.341 e. The topological polar surface area (TPSA) is 43.9 Å². The number of carbonyl (C=O) groups is 2. The van der Waals surface area contributed by atoms with Gasteiger partial charge in [0.05, 0.1) is 12.5 Å². The van der Waals surface area contributed by atoms with Gasteiger partial charge >= 0.3 is 0 Å². The number of amides is 2. The lowest BCUT2D eigenvalue weighted by Gasteiger charge is -2.26. The molecule has 1 aliphatic carbocycles. The third-order valence-electron chi connectivity index (χ3n) is 6.07. The van der Waals surface area contributed by atoms with Crippen molar-refractivity contribution in [2.24, 2.45) is 5.92 Å². The molecule has 0 aromatic heterocycles. The summed E-state index contributed by atoms with van der Waals surface area (Å²) < 4.78 is 13.8. The van der Waals surface area contributed by atoms with Crippen molar-refractivity contribution >= 4 is 11.8 Å². The molecule has 5 nitrogen and oxygen atoms in total. The zero-order valence-corrected chi connectivity index (χ0v) is 15.8. The molecule has 3 fully saturated rings. The molecule has 3 aliphatic rings. The summed E-state index contributed by atoms with van der Waals surface area (Å²) in [5, 5.41) is 0. The van der Waals surface area contributed by atoms with E-state index in [0.29, 0.717) is 18.7 Å². The summed E-state index contributed by atoms with van der Waals surface area (Å²) in [6.45, 7) is 4.65. The van der Waals surface area contributed by atoms with E-state index in [0.717, 1.165) is 44.9 Å². The highest BCUT2D eigenvalue weighted by Gasteiger charge is 2.38. The Hall–Kier alpha value is -1.95. The molecule has 1 aromatic rings. The Morgan fingerprint density at radius 1 is 1.04 bits per heavy atom. The lowest BCUT2D eigenvalue weighted by atomic mass is 10.1. The minimum atomic E-state index is -0.324. The summed E-state index contributed by atoms with van der Waals surface area (Å²) in [7, 11) is 0. The van der Waals surface area contributed by atoms with Crippen LogP contribution in [0.15, 0.2) is 24.3 Å².